The van der Waals surface area contributed by atoms with Crippen molar-refractivity contribution >= 4 is 5.91 Å². The van der Waals surface area contributed by atoms with Crippen molar-refractivity contribution in [3.63, 3.8) is 0 Å². The smallest absolute Gasteiger partial charge is 0.254 e. The van der Waals surface area contributed by atoms with Crippen molar-refractivity contribution in [2.24, 2.45) is 0 Å². The highest BCUT2D eigenvalue weighted by Crippen LogP contribution is 2.31. The van der Waals surface area contributed by atoms with E-state index in [4.69, 9.17) is 15.9 Å². The molecule has 100 valence electrons. The van der Waals surface area contributed by atoms with Crippen LogP contribution in [0.5, 0.6) is 11.5 Å². The van der Waals surface area contributed by atoms with Gasteiger partial charge in [-0.05, 0) is 24.6 Å². The molecule has 0 radical (unpaired) electrons. The summed E-state index contributed by atoms with van der Waals surface area (Å²) in [5.74, 6) is 3.74. The molecule has 0 saturated carbocycles. The highest BCUT2D eigenvalue weighted by Gasteiger charge is 2.18. The van der Waals surface area contributed by atoms with Crippen LogP contribution in [0, 0.1) is 12.3 Å². The quantitative estimate of drug-likeness (QED) is 0.776. The second-order valence-electron chi connectivity index (χ2n) is 4.29. The summed E-state index contributed by atoms with van der Waals surface area (Å²) in [6.45, 7) is 4.03. The van der Waals surface area contributed by atoms with Crippen LogP contribution in [0.1, 0.15) is 23.7 Å². The number of amides is 1. The van der Waals surface area contributed by atoms with Crippen molar-refractivity contribution < 1.29 is 14.3 Å². The third-order valence-corrected chi connectivity index (χ3v) is 2.85. The van der Waals surface area contributed by atoms with E-state index in [1.54, 1.807) is 23.1 Å². The molecule has 0 saturated heterocycles. The Labute approximate surface area is 113 Å². The van der Waals surface area contributed by atoms with Crippen molar-refractivity contribution in [1.82, 2.24) is 4.90 Å². The van der Waals surface area contributed by atoms with Crippen LogP contribution in [0.25, 0.3) is 0 Å². The third-order valence-electron chi connectivity index (χ3n) is 2.85. The number of carbonyl (C=O) groups is 1. The largest absolute Gasteiger partial charge is 0.486 e. The Kier molecular flexibility index (Phi) is 4.30. The molecule has 0 bridgehead atoms. The number of nitrogens with zero attached hydrogens (tertiary/aromatic N) is 1. The molecule has 1 aliphatic heterocycles. The SMILES string of the molecule is C#CCN(CCC)C(=O)c1ccc2c(c1)OCCO2. The van der Waals surface area contributed by atoms with Gasteiger partial charge in [0.25, 0.3) is 5.91 Å². The Hall–Kier alpha value is -2.15. The summed E-state index contributed by atoms with van der Waals surface area (Å²) in [7, 11) is 0. The Morgan fingerprint density at radius 1 is 1.37 bits per heavy atom. The predicted octanol–water partition coefficient (Wildman–Crippen LogP) is 1.94. The van der Waals surface area contributed by atoms with Gasteiger partial charge in [-0.25, -0.2) is 0 Å². The highest BCUT2D eigenvalue weighted by molar-refractivity contribution is 5.95. The number of hydrogen-bond donors (Lipinski definition) is 0. The zero-order valence-corrected chi connectivity index (χ0v) is 11.0. The molecule has 0 N–H and O–H groups in total. The molecule has 1 heterocycles. The molecule has 0 aromatic heterocycles. The van der Waals surface area contributed by atoms with Crippen LogP contribution >= 0.6 is 0 Å². The van der Waals surface area contributed by atoms with Gasteiger partial charge in [-0.2, -0.15) is 0 Å². The number of carbonyl (C=O) groups excluding carboxylic acids is 1. The van der Waals surface area contributed by atoms with E-state index in [0.717, 1.165) is 6.42 Å². The van der Waals surface area contributed by atoms with Gasteiger partial charge in [0.2, 0.25) is 0 Å². The van der Waals surface area contributed by atoms with Crippen molar-refractivity contribution in [1.29, 1.82) is 0 Å². The van der Waals surface area contributed by atoms with Crippen LogP contribution in [0.4, 0.5) is 0 Å². The highest BCUT2D eigenvalue weighted by atomic mass is 16.6. The first-order chi connectivity index (χ1) is 9.26. The molecule has 1 amide bonds. The summed E-state index contributed by atoms with van der Waals surface area (Å²) in [5, 5.41) is 0. The van der Waals surface area contributed by atoms with E-state index in [1.165, 1.54) is 0 Å². The van der Waals surface area contributed by atoms with E-state index in [-0.39, 0.29) is 5.91 Å². The summed E-state index contributed by atoms with van der Waals surface area (Å²) >= 11 is 0. The fourth-order valence-electron chi connectivity index (χ4n) is 1.99. The van der Waals surface area contributed by atoms with Gasteiger partial charge in [0.15, 0.2) is 11.5 Å². The van der Waals surface area contributed by atoms with E-state index >= 15 is 0 Å². The Bertz CT molecular complexity index is 505. The molecule has 0 fully saturated rings. The van der Waals surface area contributed by atoms with Crippen molar-refractivity contribution in [2.75, 3.05) is 26.3 Å². The van der Waals surface area contributed by atoms with Crippen molar-refractivity contribution in [3.8, 4) is 23.8 Å². The van der Waals surface area contributed by atoms with Gasteiger partial charge in [-0.15, -0.1) is 6.42 Å². The minimum absolute atomic E-state index is 0.0724. The lowest BCUT2D eigenvalue weighted by Gasteiger charge is -2.22. The van der Waals surface area contributed by atoms with Crippen LogP contribution in [0.15, 0.2) is 18.2 Å². The Morgan fingerprint density at radius 3 is 2.79 bits per heavy atom. The fraction of sp³-hybridized carbons (Fsp3) is 0.400. The maximum absolute atomic E-state index is 12.3. The average molecular weight is 259 g/mol. The van der Waals surface area contributed by atoms with E-state index in [2.05, 4.69) is 5.92 Å². The summed E-state index contributed by atoms with van der Waals surface area (Å²) in [5.41, 5.74) is 0.577. The second-order valence-corrected chi connectivity index (χ2v) is 4.29. The van der Waals surface area contributed by atoms with Crippen LogP contribution < -0.4 is 9.47 Å². The van der Waals surface area contributed by atoms with Gasteiger partial charge < -0.3 is 14.4 Å². The maximum atomic E-state index is 12.3. The number of ether oxygens (including phenoxy) is 2. The Balaban J connectivity index is 2.20. The van der Waals surface area contributed by atoms with E-state index in [1.807, 2.05) is 6.92 Å². The first kappa shape index (κ1) is 13.3. The molecular formula is C15H17NO3. The van der Waals surface area contributed by atoms with Crippen molar-refractivity contribution in [3.05, 3.63) is 23.8 Å². The molecule has 4 heteroatoms. The molecule has 19 heavy (non-hydrogen) atoms. The van der Waals surface area contributed by atoms with Gasteiger partial charge in [-0.1, -0.05) is 12.8 Å². The predicted molar refractivity (Wildman–Crippen MR) is 72.5 cm³/mol. The van der Waals surface area contributed by atoms with Gasteiger partial charge >= 0.3 is 0 Å². The molecule has 0 spiro atoms. The van der Waals surface area contributed by atoms with Crippen molar-refractivity contribution in [2.45, 2.75) is 13.3 Å². The minimum Gasteiger partial charge on any atom is -0.486 e. The third kappa shape index (κ3) is 3.00. The maximum Gasteiger partial charge on any atom is 0.254 e. The van der Waals surface area contributed by atoms with Crippen LogP contribution in [0.2, 0.25) is 0 Å². The molecular weight excluding hydrogens is 242 g/mol. The standard InChI is InChI=1S/C15H17NO3/c1-3-7-16(8-4-2)15(17)12-5-6-13-14(11-12)19-10-9-18-13/h1,5-6,11H,4,7-10H2,2H3. The molecule has 1 aromatic carbocycles. The summed E-state index contributed by atoms with van der Waals surface area (Å²) in [4.78, 5) is 14.0. The normalized spacial score (nSPS) is 12.6. The molecule has 2 rings (SSSR count). The van der Waals surface area contributed by atoms with Gasteiger partial charge in [-0.3, -0.25) is 4.79 Å². The van der Waals surface area contributed by atoms with E-state index in [9.17, 15) is 4.79 Å². The lowest BCUT2D eigenvalue weighted by Crippen LogP contribution is -2.32. The van der Waals surface area contributed by atoms with Crippen LogP contribution in [0.3, 0.4) is 0 Å². The summed E-state index contributed by atoms with van der Waals surface area (Å²) < 4.78 is 10.9. The fourth-order valence-corrected chi connectivity index (χ4v) is 1.99. The molecule has 0 unspecified atom stereocenters. The molecule has 4 nitrogen and oxygen atoms in total. The van der Waals surface area contributed by atoms with Crippen LogP contribution in [-0.2, 0) is 0 Å². The lowest BCUT2D eigenvalue weighted by molar-refractivity contribution is 0.0775. The number of terminal acetylenes is 1. The molecule has 1 aliphatic rings. The number of fused-ring (bicyclic) bond motifs is 1. The Morgan fingerprint density at radius 2 is 2.11 bits per heavy atom. The number of benzene rings is 1. The number of rotatable bonds is 4. The first-order valence-electron chi connectivity index (χ1n) is 6.38. The second kappa shape index (κ2) is 6.14. The average Bonchev–Trinajstić information content (AvgIpc) is 2.46. The van der Waals surface area contributed by atoms with E-state index < -0.39 is 0 Å². The number of hydrogen-bond acceptors (Lipinski definition) is 3. The topological polar surface area (TPSA) is 38.8 Å². The zero-order valence-electron chi connectivity index (χ0n) is 11.0. The van der Waals surface area contributed by atoms with Gasteiger partial charge in [0.05, 0.1) is 6.54 Å². The molecule has 0 aliphatic carbocycles. The minimum atomic E-state index is -0.0724. The molecule has 0 atom stereocenters. The van der Waals surface area contributed by atoms with E-state index in [0.29, 0.717) is 43.4 Å². The van der Waals surface area contributed by atoms with Gasteiger partial charge in [0.1, 0.15) is 13.2 Å². The van der Waals surface area contributed by atoms with Gasteiger partial charge in [0, 0.05) is 12.1 Å². The first-order valence-corrected chi connectivity index (χ1v) is 6.38. The zero-order chi connectivity index (χ0) is 13.7. The monoisotopic (exact) mass is 259 g/mol. The molecule has 1 aromatic rings. The summed E-state index contributed by atoms with van der Waals surface area (Å²) in [6, 6.07) is 5.23. The lowest BCUT2D eigenvalue weighted by atomic mass is 10.1. The summed E-state index contributed by atoms with van der Waals surface area (Å²) in [6.07, 6.45) is 6.17. The van der Waals surface area contributed by atoms with Crippen LogP contribution in [-0.4, -0.2) is 37.1 Å².